The number of benzene rings is 2. The second-order valence-corrected chi connectivity index (χ2v) is 4.98. The van der Waals surface area contributed by atoms with E-state index in [0.717, 1.165) is 18.8 Å². The number of hydrogen-bond donors (Lipinski definition) is 1. The van der Waals surface area contributed by atoms with Crippen molar-refractivity contribution >= 4 is 16.6 Å². The Morgan fingerprint density at radius 1 is 0.950 bits per heavy atom. The SMILES string of the molecule is Cc1ccccc1CCNc1nccc2ccccc12. The molecule has 0 spiro atoms. The molecule has 0 bridgehead atoms. The Balaban J connectivity index is 1.73. The number of rotatable bonds is 4. The molecule has 0 aliphatic heterocycles. The Kier molecular flexibility index (Phi) is 3.64. The molecule has 0 fully saturated rings. The first-order valence-corrected chi connectivity index (χ1v) is 6.97. The van der Waals surface area contributed by atoms with Gasteiger partial charge in [0, 0.05) is 18.1 Å². The predicted molar refractivity (Wildman–Crippen MR) is 85.1 cm³/mol. The standard InChI is InChI=1S/C18H18N2/c1-14-6-2-3-7-15(14)10-12-19-18-17-9-5-4-8-16(17)11-13-20-18/h2-9,11,13H,10,12H2,1H3,(H,19,20). The zero-order valence-electron chi connectivity index (χ0n) is 11.6. The molecule has 1 aromatic heterocycles. The third kappa shape index (κ3) is 2.64. The van der Waals surface area contributed by atoms with Gasteiger partial charge in [0.25, 0.3) is 0 Å². The molecule has 0 atom stereocenters. The minimum Gasteiger partial charge on any atom is -0.369 e. The molecule has 1 heterocycles. The monoisotopic (exact) mass is 262 g/mol. The van der Waals surface area contributed by atoms with Crippen LogP contribution in [0.1, 0.15) is 11.1 Å². The van der Waals surface area contributed by atoms with E-state index in [4.69, 9.17) is 0 Å². The molecule has 2 aromatic carbocycles. The minimum absolute atomic E-state index is 0.895. The molecule has 2 heteroatoms. The number of anilines is 1. The van der Waals surface area contributed by atoms with Gasteiger partial charge in [0.05, 0.1) is 0 Å². The van der Waals surface area contributed by atoms with Crippen molar-refractivity contribution in [2.24, 2.45) is 0 Å². The highest BCUT2D eigenvalue weighted by Crippen LogP contribution is 2.20. The van der Waals surface area contributed by atoms with Gasteiger partial charge in [-0.2, -0.15) is 0 Å². The number of fused-ring (bicyclic) bond motifs is 1. The fraction of sp³-hybridized carbons (Fsp3) is 0.167. The predicted octanol–water partition coefficient (Wildman–Crippen LogP) is 4.20. The summed E-state index contributed by atoms with van der Waals surface area (Å²) in [5.41, 5.74) is 2.74. The molecule has 1 N–H and O–H groups in total. The van der Waals surface area contributed by atoms with Crippen LogP contribution in [0.5, 0.6) is 0 Å². The average Bonchev–Trinajstić information content (AvgIpc) is 2.49. The third-order valence-electron chi connectivity index (χ3n) is 3.62. The van der Waals surface area contributed by atoms with Gasteiger partial charge >= 0.3 is 0 Å². The summed E-state index contributed by atoms with van der Waals surface area (Å²) in [6, 6.07) is 18.9. The van der Waals surface area contributed by atoms with Crippen LogP contribution in [0, 0.1) is 6.92 Å². The van der Waals surface area contributed by atoms with Crippen LogP contribution in [0.2, 0.25) is 0 Å². The molecule has 0 aliphatic carbocycles. The van der Waals surface area contributed by atoms with Crippen molar-refractivity contribution in [3.63, 3.8) is 0 Å². The number of nitrogens with one attached hydrogen (secondary N) is 1. The van der Waals surface area contributed by atoms with Crippen LogP contribution in [0.3, 0.4) is 0 Å². The van der Waals surface area contributed by atoms with Crippen molar-refractivity contribution in [3.8, 4) is 0 Å². The quantitative estimate of drug-likeness (QED) is 0.762. The third-order valence-corrected chi connectivity index (χ3v) is 3.62. The Morgan fingerprint density at radius 3 is 2.65 bits per heavy atom. The molecule has 100 valence electrons. The molecule has 3 aromatic rings. The number of pyridine rings is 1. The Labute approximate surface area is 119 Å². The van der Waals surface area contributed by atoms with Gasteiger partial charge < -0.3 is 5.32 Å². The summed E-state index contributed by atoms with van der Waals surface area (Å²) >= 11 is 0. The maximum Gasteiger partial charge on any atom is 0.133 e. The smallest absolute Gasteiger partial charge is 0.133 e. The molecule has 0 amide bonds. The number of aromatic nitrogens is 1. The summed E-state index contributed by atoms with van der Waals surface area (Å²) in [4.78, 5) is 4.45. The number of nitrogens with zero attached hydrogens (tertiary/aromatic N) is 1. The topological polar surface area (TPSA) is 24.9 Å². The van der Waals surface area contributed by atoms with Crippen LogP contribution in [-0.2, 0) is 6.42 Å². The van der Waals surface area contributed by atoms with E-state index in [1.54, 1.807) is 0 Å². The Hall–Kier alpha value is -2.35. The van der Waals surface area contributed by atoms with Crippen molar-refractivity contribution in [3.05, 3.63) is 71.9 Å². The average molecular weight is 262 g/mol. The second kappa shape index (κ2) is 5.74. The molecule has 3 rings (SSSR count). The fourth-order valence-corrected chi connectivity index (χ4v) is 2.47. The summed E-state index contributed by atoms with van der Waals surface area (Å²) < 4.78 is 0. The van der Waals surface area contributed by atoms with Crippen LogP contribution in [0.15, 0.2) is 60.8 Å². The largest absolute Gasteiger partial charge is 0.369 e. The maximum atomic E-state index is 4.45. The lowest BCUT2D eigenvalue weighted by molar-refractivity contribution is 0.997. The number of aryl methyl sites for hydroxylation is 1. The summed E-state index contributed by atoms with van der Waals surface area (Å²) in [6.45, 7) is 3.05. The van der Waals surface area contributed by atoms with E-state index < -0.39 is 0 Å². The molecule has 2 nitrogen and oxygen atoms in total. The van der Waals surface area contributed by atoms with Gasteiger partial charge in [-0.05, 0) is 35.9 Å². The van der Waals surface area contributed by atoms with E-state index in [2.05, 4.69) is 65.8 Å². The molecular formula is C18H18N2. The van der Waals surface area contributed by atoms with Gasteiger partial charge in [-0.3, -0.25) is 0 Å². The lowest BCUT2D eigenvalue weighted by Gasteiger charge is -2.10. The summed E-state index contributed by atoms with van der Waals surface area (Å²) in [6.07, 6.45) is 2.87. The lowest BCUT2D eigenvalue weighted by atomic mass is 10.1. The van der Waals surface area contributed by atoms with E-state index in [0.29, 0.717) is 0 Å². The maximum absolute atomic E-state index is 4.45. The molecule has 0 unspecified atom stereocenters. The van der Waals surface area contributed by atoms with Gasteiger partial charge in [0.1, 0.15) is 5.82 Å². The van der Waals surface area contributed by atoms with Gasteiger partial charge in [-0.15, -0.1) is 0 Å². The van der Waals surface area contributed by atoms with Crippen LogP contribution >= 0.6 is 0 Å². The van der Waals surface area contributed by atoms with Crippen LogP contribution in [0.25, 0.3) is 10.8 Å². The molecule has 0 saturated carbocycles. The minimum atomic E-state index is 0.895. The second-order valence-electron chi connectivity index (χ2n) is 4.98. The van der Waals surface area contributed by atoms with Crippen LogP contribution in [-0.4, -0.2) is 11.5 Å². The lowest BCUT2D eigenvalue weighted by Crippen LogP contribution is -2.07. The number of hydrogen-bond acceptors (Lipinski definition) is 2. The Morgan fingerprint density at radius 2 is 1.75 bits per heavy atom. The van der Waals surface area contributed by atoms with Gasteiger partial charge in [-0.25, -0.2) is 4.98 Å². The summed E-state index contributed by atoms with van der Waals surface area (Å²) in [7, 11) is 0. The highest BCUT2D eigenvalue weighted by Gasteiger charge is 2.01. The molecule has 0 radical (unpaired) electrons. The van der Waals surface area contributed by atoms with E-state index in [9.17, 15) is 0 Å². The first kappa shape index (κ1) is 12.7. The van der Waals surface area contributed by atoms with Crippen molar-refractivity contribution in [2.75, 3.05) is 11.9 Å². The zero-order chi connectivity index (χ0) is 13.8. The van der Waals surface area contributed by atoms with Crippen LogP contribution < -0.4 is 5.32 Å². The van der Waals surface area contributed by atoms with E-state index in [-0.39, 0.29) is 0 Å². The fourth-order valence-electron chi connectivity index (χ4n) is 2.47. The first-order chi connectivity index (χ1) is 9.84. The van der Waals surface area contributed by atoms with Gasteiger partial charge in [0.2, 0.25) is 0 Å². The zero-order valence-corrected chi connectivity index (χ0v) is 11.6. The van der Waals surface area contributed by atoms with E-state index in [1.807, 2.05) is 12.3 Å². The molecule has 0 saturated heterocycles. The van der Waals surface area contributed by atoms with E-state index in [1.165, 1.54) is 21.9 Å². The van der Waals surface area contributed by atoms with E-state index >= 15 is 0 Å². The molecular weight excluding hydrogens is 244 g/mol. The highest BCUT2D eigenvalue weighted by molar-refractivity contribution is 5.91. The molecule has 0 aliphatic rings. The highest BCUT2D eigenvalue weighted by atomic mass is 15.0. The van der Waals surface area contributed by atoms with Crippen molar-refractivity contribution in [1.82, 2.24) is 4.98 Å². The summed E-state index contributed by atoms with van der Waals surface area (Å²) in [5, 5.41) is 5.86. The van der Waals surface area contributed by atoms with Gasteiger partial charge in [-0.1, -0.05) is 48.5 Å². The normalized spacial score (nSPS) is 10.7. The van der Waals surface area contributed by atoms with Gasteiger partial charge in [0.15, 0.2) is 0 Å². The van der Waals surface area contributed by atoms with Crippen molar-refractivity contribution in [1.29, 1.82) is 0 Å². The summed E-state index contributed by atoms with van der Waals surface area (Å²) in [5.74, 6) is 0.969. The van der Waals surface area contributed by atoms with Crippen molar-refractivity contribution < 1.29 is 0 Å². The van der Waals surface area contributed by atoms with Crippen LogP contribution in [0.4, 0.5) is 5.82 Å². The van der Waals surface area contributed by atoms with Crippen molar-refractivity contribution in [2.45, 2.75) is 13.3 Å². The molecule has 20 heavy (non-hydrogen) atoms. The Bertz CT molecular complexity index is 714. The first-order valence-electron chi connectivity index (χ1n) is 6.97.